The molecule has 40 heavy (non-hydrogen) atoms. The van der Waals surface area contributed by atoms with E-state index in [9.17, 15) is 23.5 Å². The molecule has 1 aliphatic carbocycles. The summed E-state index contributed by atoms with van der Waals surface area (Å²) in [6.45, 7) is 1.84. The van der Waals surface area contributed by atoms with Crippen LogP contribution in [0.5, 0.6) is 5.75 Å². The van der Waals surface area contributed by atoms with Crippen LogP contribution in [-0.4, -0.2) is 46.6 Å². The summed E-state index contributed by atoms with van der Waals surface area (Å²) in [4.78, 5) is 29.8. The van der Waals surface area contributed by atoms with Crippen LogP contribution in [0, 0.1) is 11.6 Å². The summed E-state index contributed by atoms with van der Waals surface area (Å²) in [5.74, 6) is -0.898. The number of aryl methyl sites for hydroxylation is 1. The number of halogens is 2. The van der Waals surface area contributed by atoms with Crippen LogP contribution in [0.2, 0.25) is 0 Å². The van der Waals surface area contributed by atoms with Crippen LogP contribution in [0.25, 0.3) is 10.9 Å². The predicted octanol–water partition coefficient (Wildman–Crippen LogP) is 6.00. The van der Waals surface area contributed by atoms with Crippen LogP contribution in [0.4, 0.5) is 8.78 Å². The first-order valence-electron chi connectivity index (χ1n) is 14.7. The lowest BCUT2D eigenvalue weighted by molar-refractivity contribution is -0.133. The van der Waals surface area contributed by atoms with Gasteiger partial charge in [0.1, 0.15) is 17.4 Å². The van der Waals surface area contributed by atoms with Gasteiger partial charge in [0.25, 0.3) is 0 Å². The number of nitrogens with one attached hydrogen (secondary N) is 2. The molecule has 1 fully saturated rings. The number of aromatic amines is 1. The van der Waals surface area contributed by atoms with E-state index in [1.807, 2.05) is 6.07 Å². The van der Waals surface area contributed by atoms with Crippen molar-refractivity contribution >= 4 is 16.8 Å². The molecule has 2 aromatic carbocycles. The Morgan fingerprint density at radius 1 is 0.925 bits per heavy atom. The molecule has 3 aromatic rings. The lowest BCUT2D eigenvalue weighted by atomic mass is 10.0. The molecule has 0 spiro atoms. The zero-order valence-electron chi connectivity index (χ0n) is 23.2. The summed E-state index contributed by atoms with van der Waals surface area (Å²) in [5.41, 5.74) is 1.94. The van der Waals surface area contributed by atoms with Gasteiger partial charge in [-0.05, 0) is 80.5 Å². The third-order valence-electron chi connectivity index (χ3n) is 7.92. The number of nitrogens with zero attached hydrogens (tertiary/aromatic N) is 1. The minimum atomic E-state index is -0.572. The Labute approximate surface area is 234 Å². The molecular weight excluding hydrogens is 512 g/mol. The normalized spacial score (nSPS) is 14.3. The number of hydrogen-bond acceptors (Lipinski definition) is 4. The van der Waals surface area contributed by atoms with Crippen LogP contribution in [0.3, 0.4) is 0 Å². The summed E-state index contributed by atoms with van der Waals surface area (Å²) in [5, 5.41) is 14.2. The number of rotatable bonds is 13. The first-order valence-corrected chi connectivity index (χ1v) is 14.7. The van der Waals surface area contributed by atoms with Crippen molar-refractivity contribution in [3.63, 3.8) is 0 Å². The average Bonchev–Trinajstić information content (AvgIpc) is 3.20. The Bertz CT molecular complexity index is 1300. The minimum absolute atomic E-state index is 0.0753. The minimum Gasteiger partial charge on any atom is -0.506 e. The average molecular weight is 554 g/mol. The highest BCUT2D eigenvalue weighted by molar-refractivity contribution is 5.87. The topological polar surface area (TPSA) is 85.4 Å². The summed E-state index contributed by atoms with van der Waals surface area (Å²) < 4.78 is 26.8. The molecule has 1 aliphatic rings. The third-order valence-corrected chi connectivity index (χ3v) is 7.92. The van der Waals surface area contributed by atoms with E-state index in [0.717, 1.165) is 74.9 Å². The van der Waals surface area contributed by atoms with E-state index < -0.39 is 11.6 Å². The molecule has 3 N–H and O–H groups in total. The molecule has 0 atom stereocenters. The standard InChI is InChI=1S/C32H41F2N3O3/c33-25-20-23(21-26(34)22-25)15-17-35-18-16-31(40)37(27-9-5-1-2-6-10-27)19-7-3-4-8-24-11-13-29(38)32-28(24)12-14-30(39)36-32/h11-14,20-22,27,35,38H,1-10,15-19H2,(H,36,39). The van der Waals surface area contributed by atoms with Gasteiger partial charge in [-0.15, -0.1) is 0 Å². The molecule has 1 amide bonds. The Balaban J connectivity index is 1.25. The van der Waals surface area contributed by atoms with Gasteiger partial charge in [0, 0.05) is 43.1 Å². The van der Waals surface area contributed by atoms with Crippen LogP contribution in [0.15, 0.2) is 47.3 Å². The highest BCUT2D eigenvalue weighted by atomic mass is 19.1. The van der Waals surface area contributed by atoms with Gasteiger partial charge in [-0.3, -0.25) is 9.59 Å². The molecule has 0 aliphatic heterocycles. The molecule has 0 bridgehead atoms. The molecule has 1 aromatic heterocycles. The van der Waals surface area contributed by atoms with Crippen LogP contribution < -0.4 is 10.9 Å². The number of H-pyrrole nitrogens is 1. The van der Waals surface area contributed by atoms with E-state index in [1.54, 1.807) is 12.1 Å². The van der Waals surface area contributed by atoms with Crippen molar-refractivity contribution in [1.29, 1.82) is 0 Å². The van der Waals surface area contributed by atoms with Gasteiger partial charge in [0.05, 0.1) is 5.52 Å². The summed E-state index contributed by atoms with van der Waals surface area (Å²) in [7, 11) is 0. The van der Waals surface area contributed by atoms with Gasteiger partial charge in [0.2, 0.25) is 11.5 Å². The van der Waals surface area contributed by atoms with Gasteiger partial charge in [-0.1, -0.05) is 38.2 Å². The van der Waals surface area contributed by atoms with Crippen molar-refractivity contribution in [1.82, 2.24) is 15.2 Å². The Hall–Kier alpha value is -3.26. The fraction of sp³-hybridized carbons (Fsp3) is 0.500. The second-order valence-corrected chi connectivity index (χ2v) is 10.9. The van der Waals surface area contributed by atoms with Crippen LogP contribution in [-0.2, 0) is 17.6 Å². The SMILES string of the molecule is O=C(CCNCCc1cc(F)cc(F)c1)N(CCCCCc1ccc(O)c2[nH]c(=O)ccc12)C1CCCCCC1. The number of amides is 1. The third kappa shape index (κ3) is 8.62. The first-order chi connectivity index (χ1) is 19.4. The second kappa shape index (κ2) is 14.9. The van der Waals surface area contributed by atoms with E-state index in [-0.39, 0.29) is 17.2 Å². The van der Waals surface area contributed by atoms with Crippen molar-refractivity contribution < 1.29 is 18.7 Å². The quantitative estimate of drug-likeness (QED) is 0.179. The molecule has 4 rings (SSSR count). The number of carbonyl (C=O) groups excluding carboxylic acids is 1. The van der Waals surface area contributed by atoms with Crippen molar-refractivity contribution in [2.75, 3.05) is 19.6 Å². The molecular formula is C32H41F2N3O3. The van der Waals surface area contributed by atoms with E-state index >= 15 is 0 Å². The van der Waals surface area contributed by atoms with Gasteiger partial charge < -0.3 is 20.3 Å². The van der Waals surface area contributed by atoms with Crippen LogP contribution >= 0.6 is 0 Å². The van der Waals surface area contributed by atoms with Crippen molar-refractivity contribution in [3.05, 3.63) is 75.6 Å². The zero-order valence-corrected chi connectivity index (χ0v) is 23.2. The van der Waals surface area contributed by atoms with Gasteiger partial charge >= 0.3 is 0 Å². The summed E-state index contributed by atoms with van der Waals surface area (Å²) >= 11 is 0. The van der Waals surface area contributed by atoms with Crippen molar-refractivity contribution in [3.8, 4) is 5.75 Å². The van der Waals surface area contributed by atoms with Gasteiger partial charge in [0.15, 0.2) is 0 Å². The van der Waals surface area contributed by atoms with E-state index in [0.29, 0.717) is 43.1 Å². The van der Waals surface area contributed by atoms with E-state index in [2.05, 4.69) is 15.2 Å². The molecule has 8 heteroatoms. The predicted molar refractivity (Wildman–Crippen MR) is 155 cm³/mol. The first kappa shape index (κ1) is 29.7. The number of fused-ring (bicyclic) bond motifs is 1. The smallest absolute Gasteiger partial charge is 0.248 e. The number of aromatic hydroxyl groups is 1. The number of phenols is 1. The van der Waals surface area contributed by atoms with E-state index in [1.165, 1.54) is 31.0 Å². The lowest BCUT2D eigenvalue weighted by Crippen LogP contribution is -2.42. The molecule has 6 nitrogen and oxygen atoms in total. The second-order valence-electron chi connectivity index (χ2n) is 10.9. The monoisotopic (exact) mass is 553 g/mol. The highest BCUT2D eigenvalue weighted by Gasteiger charge is 2.24. The Morgan fingerprint density at radius 2 is 1.68 bits per heavy atom. The number of hydrogen-bond donors (Lipinski definition) is 3. The Kier molecular flexibility index (Phi) is 11.1. The number of benzene rings is 2. The number of unbranched alkanes of at least 4 members (excludes halogenated alkanes) is 2. The zero-order chi connectivity index (χ0) is 28.3. The van der Waals surface area contributed by atoms with Gasteiger partial charge in [-0.2, -0.15) is 0 Å². The molecule has 0 saturated heterocycles. The maximum atomic E-state index is 13.4. The van der Waals surface area contributed by atoms with E-state index in [4.69, 9.17) is 0 Å². The highest BCUT2D eigenvalue weighted by Crippen LogP contribution is 2.26. The fourth-order valence-electron chi connectivity index (χ4n) is 5.82. The number of aromatic nitrogens is 1. The van der Waals surface area contributed by atoms with Crippen molar-refractivity contribution in [2.24, 2.45) is 0 Å². The molecule has 0 unspecified atom stereocenters. The number of pyridine rings is 1. The maximum Gasteiger partial charge on any atom is 0.248 e. The Morgan fingerprint density at radius 3 is 2.42 bits per heavy atom. The number of phenolic OH excluding ortho intramolecular Hbond substituents is 1. The molecule has 1 saturated carbocycles. The molecule has 1 heterocycles. The molecule has 216 valence electrons. The summed E-state index contributed by atoms with van der Waals surface area (Å²) in [6, 6.07) is 10.6. The van der Waals surface area contributed by atoms with Crippen LogP contribution in [0.1, 0.15) is 75.3 Å². The van der Waals surface area contributed by atoms with Crippen molar-refractivity contribution in [2.45, 2.75) is 83.1 Å². The summed E-state index contributed by atoms with van der Waals surface area (Å²) in [6.07, 6.45) is 11.5. The lowest BCUT2D eigenvalue weighted by Gasteiger charge is -2.31. The maximum absolute atomic E-state index is 13.4. The largest absolute Gasteiger partial charge is 0.506 e. The van der Waals surface area contributed by atoms with Gasteiger partial charge in [-0.25, -0.2) is 8.78 Å². The molecule has 0 radical (unpaired) electrons. The number of carbonyl (C=O) groups is 1. The fourth-order valence-corrected chi connectivity index (χ4v) is 5.82.